The molecule has 5 rings (SSSR count). The maximum atomic E-state index is 14.3. The number of hydrogen-bond acceptors (Lipinski definition) is 2. The van der Waals surface area contributed by atoms with Crippen LogP contribution in [0.5, 0.6) is 0 Å². The van der Waals surface area contributed by atoms with Gasteiger partial charge in [0.15, 0.2) is 5.82 Å². The number of halogens is 3. The van der Waals surface area contributed by atoms with Crippen LogP contribution in [0.25, 0.3) is 10.2 Å². The van der Waals surface area contributed by atoms with Crippen LogP contribution in [0.2, 0.25) is 0 Å². The highest BCUT2D eigenvalue weighted by atomic mass is 79.9. The number of thiophene rings is 1. The molecule has 5 aromatic rings. The molecule has 0 saturated heterocycles. The van der Waals surface area contributed by atoms with Gasteiger partial charge in [0.1, 0.15) is 34.9 Å². The number of nitrogens with zero attached hydrogens (tertiary/aromatic N) is 1. The van der Waals surface area contributed by atoms with Gasteiger partial charge in [-0.1, -0.05) is 54.6 Å². The molecule has 0 fully saturated rings. The third-order valence-corrected chi connectivity index (χ3v) is 10.7. The van der Waals surface area contributed by atoms with Gasteiger partial charge >= 0.3 is 0 Å². The summed E-state index contributed by atoms with van der Waals surface area (Å²) in [6.45, 7) is 0. The second-order valence-electron chi connectivity index (χ2n) is 7.31. The van der Waals surface area contributed by atoms with Gasteiger partial charge in [-0.2, -0.15) is 4.39 Å². The molecule has 1 nitrogen and oxygen atoms in total. The molecule has 2 aromatic heterocycles. The Labute approximate surface area is 200 Å². The zero-order valence-electron chi connectivity index (χ0n) is 17.0. The normalized spacial score (nSPS) is 11.3. The minimum Gasteiger partial charge on any atom is -1.00 e. The van der Waals surface area contributed by atoms with E-state index in [4.69, 9.17) is 0 Å². The summed E-state index contributed by atoms with van der Waals surface area (Å²) in [4.78, 5) is 4.58. The van der Waals surface area contributed by atoms with E-state index in [9.17, 15) is 8.78 Å². The first-order chi connectivity index (χ1) is 15.2. The van der Waals surface area contributed by atoms with Crippen LogP contribution in [0, 0.1) is 10.9 Å². The van der Waals surface area contributed by atoms with Gasteiger partial charge in [0.25, 0.3) is 0 Å². The van der Waals surface area contributed by atoms with Crippen molar-refractivity contribution in [2.24, 2.45) is 0 Å². The smallest absolute Gasteiger partial charge is 0.215 e. The quantitative estimate of drug-likeness (QED) is 0.321. The molecule has 0 amide bonds. The Balaban J connectivity index is 0.00000245. The van der Waals surface area contributed by atoms with Crippen LogP contribution >= 0.6 is 18.6 Å². The Kier molecular flexibility index (Phi) is 6.80. The predicted octanol–water partition coefficient (Wildman–Crippen LogP) is 3.07. The summed E-state index contributed by atoms with van der Waals surface area (Å²) < 4.78 is 28.7. The molecule has 0 spiro atoms. The van der Waals surface area contributed by atoms with Crippen LogP contribution in [-0.2, 0) is 6.16 Å². The van der Waals surface area contributed by atoms with E-state index in [2.05, 4.69) is 77.8 Å². The molecule has 0 aliphatic carbocycles. The number of fused-ring (bicyclic) bond motifs is 1. The predicted molar refractivity (Wildman–Crippen MR) is 128 cm³/mol. The third kappa shape index (κ3) is 4.01. The third-order valence-electron chi connectivity index (χ3n) is 5.49. The monoisotopic (exact) mass is 525 g/mol. The average Bonchev–Trinajstić information content (AvgIpc) is 3.12. The van der Waals surface area contributed by atoms with E-state index in [0.29, 0.717) is 10.9 Å². The Morgan fingerprint density at radius 3 is 1.59 bits per heavy atom. The first-order valence-corrected chi connectivity index (χ1v) is 12.8. The fourth-order valence-electron chi connectivity index (χ4n) is 4.06. The highest BCUT2D eigenvalue weighted by Crippen LogP contribution is 2.58. The topological polar surface area (TPSA) is 12.9 Å². The molecule has 0 aliphatic rings. The Hall–Kier alpha value is -2.46. The summed E-state index contributed by atoms with van der Waals surface area (Å²) in [5, 5.41) is 2.87. The van der Waals surface area contributed by atoms with Gasteiger partial charge in [-0.05, 0) is 48.5 Å². The van der Waals surface area contributed by atoms with Crippen LogP contribution in [-0.4, -0.2) is 4.98 Å². The van der Waals surface area contributed by atoms with Crippen LogP contribution in [0.15, 0.2) is 103 Å². The largest absolute Gasteiger partial charge is 1.00 e. The number of hydrogen-bond donors (Lipinski definition) is 0. The average molecular weight is 526 g/mol. The van der Waals surface area contributed by atoms with Crippen molar-refractivity contribution in [2.45, 2.75) is 6.16 Å². The second-order valence-corrected chi connectivity index (χ2v) is 11.8. The summed E-state index contributed by atoms with van der Waals surface area (Å²) in [5.74, 6) is -0.857. The molecular weight excluding hydrogens is 507 g/mol. The zero-order chi connectivity index (χ0) is 21.3. The Bertz CT molecular complexity index is 1230. The SMILES string of the molecule is Fc1sc2ccc(C[P+](c3ccccc3)(c3ccccc3)c3ccccc3)nc2c1F.[Br-]. The van der Waals surface area contributed by atoms with Crippen molar-refractivity contribution in [1.82, 2.24) is 4.98 Å². The number of rotatable bonds is 5. The van der Waals surface area contributed by atoms with E-state index < -0.39 is 18.2 Å². The van der Waals surface area contributed by atoms with Crippen LogP contribution in [0.4, 0.5) is 8.78 Å². The van der Waals surface area contributed by atoms with Crippen molar-refractivity contribution in [3.63, 3.8) is 0 Å². The molecule has 0 aliphatic heterocycles. The van der Waals surface area contributed by atoms with E-state index >= 15 is 0 Å². The lowest BCUT2D eigenvalue weighted by Crippen LogP contribution is -3.00. The van der Waals surface area contributed by atoms with Crippen molar-refractivity contribution in [2.75, 3.05) is 0 Å². The van der Waals surface area contributed by atoms with Gasteiger partial charge in [-0.3, -0.25) is 0 Å². The summed E-state index contributed by atoms with van der Waals surface area (Å²) in [7, 11) is -2.14. The van der Waals surface area contributed by atoms with Gasteiger partial charge in [-0.25, -0.2) is 9.37 Å². The van der Waals surface area contributed by atoms with Crippen molar-refractivity contribution in [1.29, 1.82) is 0 Å². The molecule has 2 heterocycles. The highest BCUT2D eigenvalue weighted by molar-refractivity contribution is 7.95. The molecule has 32 heavy (non-hydrogen) atoms. The molecule has 0 saturated carbocycles. The van der Waals surface area contributed by atoms with Crippen LogP contribution < -0.4 is 32.9 Å². The Morgan fingerprint density at radius 1 is 0.656 bits per heavy atom. The summed E-state index contributed by atoms with van der Waals surface area (Å²) in [5.41, 5.74) is 0.876. The van der Waals surface area contributed by atoms with Crippen molar-refractivity contribution in [3.05, 3.63) is 120 Å². The lowest BCUT2D eigenvalue weighted by molar-refractivity contribution is -0.00000697. The lowest BCUT2D eigenvalue weighted by atomic mass is 10.3. The van der Waals surface area contributed by atoms with Gasteiger partial charge in [0.05, 0.1) is 10.4 Å². The van der Waals surface area contributed by atoms with Crippen molar-refractivity contribution >= 4 is 44.7 Å². The summed E-state index contributed by atoms with van der Waals surface area (Å²) in [6.07, 6.45) is 0.623. The number of benzene rings is 3. The van der Waals surface area contributed by atoms with E-state index in [-0.39, 0.29) is 22.5 Å². The van der Waals surface area contributed by atoms with Gasteiger partial charge in [0, 0.05) is 0 Å². The molecule has 3 aromatic carbocycles. The summed E-state index contributed by atoms with van der Waals surface area (Å²) >= 11 is 0.799. The molecule has 160 valence electrons. The maximum absolute atomic E-state index is 14.3. The summed E-state index contributed by atoms with van der Waals surface area (Å²) in [6, 6.07) is 35.1. The molecule has 0 atom stereocenters. The molecule has 6 heteroatoms. The minimum atomic E-state index is -2.14. The van der Waals surface area contributed by atoms with E-state index in [0.717, 1.165) is 17.0 Å². The second kappa shape index (κ2) is 9.58. The number of pyridine rings is 1. The Morgan fingerprint density at radius 2 is 1.12 bits per heavy atom. The molecule has 0 bridgehead atoms. The van der Waals surface area contributed by atoms with E-state index in [1.54, 1.807) is 6.07 Å². The highest BCUT2D eigenvalue weighted by Gasteiger charge is 2.45. The molecular formula is C26H19BrF2NPS. The fourth-order valence-corrected chi connectivity index (χ4v) is 8.96. The first kappa shape index (κ1) is 22.7. The molecule has 0 unspecified atom stereocenters. The van der Waals surface area contributed by atoms with Crippen LogP contribution in [0.1, 0.15) is 5.69 Å². The fraction of sp³-hybridized carbons (Fsp3) is 0.0385. The van der Waals surface area contributed by atoms with Crippen LogP contribution in [0.3, 0.4) is 0 Å². The maximum Gasteiger partial charge on any atom is 0.215 e. The molecule has 0 N–H and O–H groups in total. The van der Waals surface area contributed by atoms with Crippen molar-refractivity contribution < 1.29 is 25.8 Å². The zero-order valence-corrected chi connectivity index (χ0v) is 20.3. The van der Waals surface area contributed by atoms with Gasteiger partial charge in [0.2, 0.25) is 5.13 Å². The van der Waals surface area contributed by atoms with E-state index in [1.165, 1.54) is 15.9 Å². The standard InChI is InChI=1S/C26H19F2NPS.BrH/c27-24-25-23(31-26(24)28)17-16-19(29-25)18-30(20-10-4-1-5-11-20,21-12-6-2-7-13-21)22-14-8-3-9-15-22;/h1-17H,18H2;1H/q+1;/p-1. The number of aromatic nitrogens is 1. The minimum absolute atomic E-state index is 0. The van der Waals surface area contributed by atoms with Gasteiger partial charge < -0.3 is 17.0 Å². The molecule has 0 radical (unpaired) electrons. The first-order valence-electron chi connectivity index (χ1n) is 9.97. The van der Waals surface area contributed by atoms with Gasteiger partial charge in [-0.15, -0.1) is 11.3 Å². The van der Waals surface area contributed by atoms with Crippen molar-refractivity contribution in [3.8, 4) is 0 Å². The lowest BCUT2D eigenvalue weighted by Gasteiger charge is -2.27. The van der Waals surface area contributed by atoms with E-state index in [1.807, 2.05) is 24.3 Å².